The van der Waals surface area contributed by atoms with Crippen LogP contribution in [0, 0.1) is 11.6 Å². The highest BCUT2D eigenvalue weighted by Gasteiger charge is 2.27. The maximum absolute atomic E-state index is 13.5. The number of fused-ring (bicyclic) bond motifs is 1. The van der Waals surface area contributed by atoms with Gasteiger partial charge in [-0.3, -0.25) is 14.4 Å². The number of benzene rings is 2. The second-order valence-electron chi connectivity index (χ2n) is 5.77. The molecule has 1 heterocycles. The molecule has 2 aromatic carbocycles. The van der Waals surface area contributed by atoms with Gasteiger partial charge in [0, 0.05) is 12.5 Å². The van der Waals surface area contributed by atoms with Gasteiger partial charge in [0.1, 0.15) is 17.7 Å². The number of nitrogens with one attached hydrogen (secondary N) is 3. The highest BCUT2D eigenvalue weighted by molar-refractivity contribution is 6.09. The van der Waals surface area contributed by atoms with Crippen molar-refractivity contribution in [2.75, 3.05) is 10.6 Å². The topological polar surface area (TPSA) is 87.3 Å². The maximum atomic E-state index is 13.5. The highest BCUT2D eigenvalue weighted by Crippen LogP contribution is 2.20. The molecule has 0 spiro atoms. The average Bonchev–Trinajstić information content (AvgIpc) is 2.73. The maximum Gasteiger partial charge on any atom is 0.254 e. The fourth-order valence-corrected chi connectivity index (χ4v) is 2.60. The smallest absolute Gasteiger partial charge is 0.254 e. The monoisotopic (exact) mass is 359 g/mol. The zero-order valence-corrected chi connectivity index (χ0v) is 13.5. The van der Waals surface area contributed by atoms with Crippen LogP contribution < -0.4 is 16.0 Å². The van der Waals surface area contributed by atoms with Crippen molar-refractivity contribution < 1.29 is 23.2 Å². The SMILES string of the molecule is O=C(CCC1NC(=O)c2ccccc2NC1=O)Nc1cc(F)ccc1F. The van der Waals surface area contributed by atoms with E-state index < -0.39 is 35.4 Å². The lowest BCUT2D eigenvalue weighted by Crippen LogP contribution is -2.41. The number of halogens is 2. The molecule has 0 saturated carbocycles. The molecule has 6 nitrogen and oxygen atoms in total. The van der Waals surface area contributed by atoms with E-state index in [0.717, 1.165) is 18.2 Å². The van der Waals surface area contributed by atoms with Crippen molar-refractivity contribution in [3.63, 3.8) is 0 Å². The molecule has 1 aliphatic heterocycles. The van der Waals surface area contributed by atoms with Gasteiger partial charge in [-0.2, -0.15) is 0 Å². The van der Waals surface area contributed by atoms with Gasteiger partial charge in [0.2, 0.25) is 11.8 Å². The minimum atomic E-state index is -0.919. The number of anilines is 2. The number of amides is 3. The third-order valence-electron chi connectivity index (χ3n) is 3.91. The lowest BCUT2D eigenvalue weighted by atomic mass is 10.1. The summed E-state index contributed by atoms with van der Waals surface area (Å²) in [7, 11) is 0. The van der Waals surface area contributed by atoms with Crippen molar-refractivity contribution in [1.29, 1.82) is 0 Å². The largest absolute Gasteiger partial charge is 0.340 e. The van der Waals surface area contributed by atoms with E-state index in [4.69, 9.17) is 0 Å². The highest BCUT2D eigenvalue weighted by atomic mass is 19.1. The van der Waals surface area contributed by atoms with Crippen molar-refractivity contribution in [1.82, 2.24) is 5.32 Å². The Labute approximate surface area is 147 Å². The van der Waals surface area contributed by atoms with Gasteiger partial charge in [-0.05, 0) is 30.7 Å². The van der Waals surface area contributed by atoms with E-state index in [0.29, 0.717) is 11.3 Å². The Morgan fingerprint density at radius 1 is 1.12 bits per heavy atom. The Morgan fingerprint density at radius 2 is 1.88 bits per heavy atom. The van der Waals surface area contributed by atoms with Gasteiger partial charge in [0.15, 0.2) is 0 Å². The Kier molecular flexibility index (Phi) is 4.92. The number of para-hydroxylation sites is 1. The molecule has 2 aromatic rings. The zero-order chi connectivity index (χ0) is 18.7. The number of carbonyl (C=O) groups excluding carboxylic acids is 3. The van der Waals surface area contributed by atoms with E-state index in [9.17, 15) is 23.2 Å². The number of hydrogen-bond donors (Lipinski definition) is 3. The van der Waals surface area contributed by atoms with Crippen molar-refractivity contribution in [2.45, 2.75) is 18.9 Å². The lowest BCUT2D eigenvalue weighted by Gasteiger charge is -2.14. The van der Waals surface area contributed by atoms with Crippen LogP contribution in [0.25, 0.3) is 0 Å². The van der Waals surface area contributed by atoms with Crippen molar-refractivity contribution in [3.8, 4) is 0 Å². The van der Waals surface area contributed by atoms with Crippen LogP contribution in [-0.2, 0) is 9.59 Å². The number of hydrogen-bond acceptors (Lipinski definition) is 3. The minimum absolute atomic E-state index is 0.00826. The first-order valence-corrected chi connectivity index (χ1v) is 7.89. The van der Waals surface area contributed by atoms with Gasteiger partial charge in [-0.15, -0.1) is 0 Å². The van der Waals surface area contributed by atoms with Crippen molar-refractivity contribution in [2.24, 2.45) is 0 Å². The van der Waals surface area contributed by atoms with Gasteiger partial charge < -0.3 is 16.0 Å². The van der Waals surface area contributed by atoms with Crippen molar-refractivity contribution >= 4 is 29.1 Å². The van der Waals surface area contributed by atoms with E-state index in [-0.39, 0.29) is 18.5 Å². The first kappa shape index (κ1) is 17.5. The van der Waals surface area contributed by atoms with Gasteiger partial charge >= 0.3 is 0 Å². The molecular formula is C18H15F2N3O3. The molecule has 3 N–H and O–H groups in total. The van der Waals surface area contributed by atoms with Crippen LogP contribution in [0.5, 0.6) is 0 Å². The quantitative estimate of drug-likeness (QED) is 0.784. The molecule has 0 radical (unpaired) electrons. The first-order valence-electron chi connectivity index (χ1n) is 7.89. The Bertz CT molecular complexity index is 886. The summed E-state index contributed by atoms with van der Waals surface area (Å²) >= 11 is 0. The van der Waals surface area contributed by atoms with Crippen LogP contribution in [0.2, 0.25) is 0 Å². The summed E-state index contributed by atoms with van der Waals surface area (Å²) < 4.78 is 26.7. The van der Waals surface area contributed by atoms with Crippen LogP contribution in [0.4, 0.5) is 20.2 Å². The predicted octanol–water partition coefficient (Wildman–Crippen LogP) is 2.43. The van der Waals surface area contributed by atoms with Crippen LogP contribution in [-0.4, -0.2) is 23.8 Å². The molecule has 0 aliphatic carbocycles. The third-order valence-corrected chi connectivity index (χ3v) is 3.91. The number of carbonyl (C=O) groups is 3. The summed E-state index contributed by atoms with van der Waals surface area (Å²) in [5, 5.41) is 7.44. The summed E-state index contributed by atoms with van der Waals surface area (Å²) in [5.41, 5.74) is 0.440. The zero-order valence-electron chi connectivity index (χ0n) is 13.5. The second-order valence-corrected chi connectivity index (χ2v) is 5.77. The molecule has 8 heteroatoms. The summed E-state index contributed by atoms with van der Waals surface area (Å²) in [6.45, 7) is 0. The summed E-state index contributed by atoms with van der Waals surface area (Å²) in [4.78, 5) is 36.4. The molecule has 3 rings (SSSR count). The lowest BCUT2D eigenvalue weighted by molar-refractivity contribution is -0.118. The normalized spacial score (nSPS) is 16.2. The number of rotatable bonds is 4. The van der Waals surface area contributed by atoms with E-state index in [1.54, 1.807) is 24.3 Å². The van der Waals surface area contributed by atoms with E-state index in [1.807, 2.05) is 0 Å². The van der Waals surface area contributed by atoms with Crippen LogP contribution in [0.15, 0.2) is 42.5 Å². The molecule has 134 valence electrons. The molecule has 0 saturated heterocycles. The van der Waals surface area contributed by atoms with Crippen LogP contribution in [0.3, 0.4) is 0 Å². The van der Waals surface area contributed by atoms with E-state index in [2.05, 4.69) is 16.0 Å². The second kappa shape index (κ2) is 7.30. The van der Waals surface area contributed by atoms with Crippen molar-refractivity contribution in [3.05, 3.63) is 59.7 Å². The van der Waals surface area contributed by atoms with E-state index in [1.165, 1.54) is 0 Å². The Hall–Kier alpha value is -3.29. The fourth-order valence-electron chi connectivity index (χ4n) is 2.60. The first-order chi connectivity index (χ1) is 12.4. The average molecular weight is 359 g/mol. The Balaban J connectivity index is 1.62. The Morgan fingerprint density at radius 3 is 2.69 bits per heavy atom. The van der Waals surface area contributed by atoms with Gasteiger partial charge in [0.05, 0.1) is 16.9 Å². The molecular weight excluding hydrogens is 344 g/mol. The molecule has 1 unspecified atom stereocenters. The fraction of sp³-hybridized carbons (Fsp3) is 0.167. The standard InChI is InChI=1S/C18H15F2N3O3/c19-10-5-6-12(20)15(9-10)21-16(24)8-7-14-18(26)22-13-4-2-1-3-11(13)17(25)23-14/h1-6,9,14H,7-8H2,(H,21,24)(H,22,26)(H,23,25). The van der Waals surface area contributed by atoms with Gasteiger partial charge in [-0.1, -0.05) is 12.1 Å². The molecule has 1 atom stereocenters. The molecule has 3 amide bonds. The molecule has 0 aromatic heterocycles. The van der Waals surface area contributed by atoms with Crippen LogP contribution >= 0.6 is 0 Å². The molecule has 0 fully saturated rings. The molecule has 0 bridgehead atoms. The van der Waals surface area contributed by atoms with Crippen LogP contribution in [0.1, 0.15) is 23.2 Å². The summed E-state index contributed by atoms with van der Waals surface area (Å²) in [6.07, 6.45) is -0.154. The molecule has 26 heavy (non-hydrogen) atoms. The van der Waals surface area contributed by atoms with Gasteiger partial charge in [0.25, 0.3) is 5.91 Å². The van der Waals surface area contributed by atoms with Gasteiger partial charge in [-0.25, -0.2) is 8.78 Å². The third kappa shape index (κ3) is 3.85. The summed E-state index contributed by atoms with van der Waals surface area (Å²) in [6, 6.07) is 8.33. The predicted molar refractivity (Wildman–Crippen MR) is 90.5 cm³/mol. The molecule has 1 aliphatic rings. The summed E-state index contributed by atoms with van der Waals surface area (Å²) in [5.74, 6) is -2.93. The van der Waals surface area contributed by atoms with E-state index >= 15 is 0 Å². The minimum Gasteiger partial charge on any atom is -0.340 e.